The van der Waals surface area contributed by atoms with Crippen LogP contribution in [0.15, 0.2) is 53.4 Å². The van der Waals surface area contributed by atoms with E-state index in [1.54, 1.807) is 13.8 Å². The normalized spacial score (nSPS) is 11.8. The van der Waals surface area contributed by atoms with Crippen LogP contribution in [-0.2, 0) is 25.7 Å². The first-order chi connectivity index (χ1) is 13.6. The SMILES string of the molecule is CCOC(=O)CN(c1ccc(C(F)(F)F)cc1)S(=O)(=O)c1ccc(OCC)cc1. The van der Waals surface area contributed by atoms with Crippen molar-refractivity contribution in [1.82, 2.24) is 0 Å². The van der Waals surface area contributed by atoms with Crippen molar-refractivity contribution in [1.29, 1.82) is 0 Å². The monoisotopic (exact) mass is 431 g/mol. The van der Waals surface area contributed by atoms with Crippen molar-refractivity contribution in [2.75, 3.05) is 24.1 Å². The fraction of sp³-hybridized carbons (Fsp3) is 0.316. The van der Waals surface area contributed by atoms with Crippen LogP contribution in [0.2, 0.25) is 0 Å². The molecule has 0 fully saturated rings. The molecule has 0 aliphatic rings. The Labute approximate surface area is 166 Å². The third-order valence-electron chi connectivity index (χ3n) is 3.78. The maximum absolute atomic E-state index is 13.1. The third-order valence-corrected chi connectivity index (χ3v) is 5.57. The molecule has 6 nitrogen and oxygen atoms in total. The summed E-state index contributed by atoms with van der Waals surface area (Å²) in [7, 11) is -4.25. The van der Waals surface area contributed by atoms with Crippen molar-refractivity contribution in [3.8, 4) is 5.75 Å². The first-order valence-corrected chi connectivity index (χ1v) is 10.1. The number of nitrogens with zero attached hydrogens (tertiary/aromatic N) is 1. The molecule has 2 aromatic carbocycles. The van der Waals surface area contributed by atoms with Crippen LogP contribution in [0, 0.1) is 0 Å². The van der Waals surface area contributed by atoms with Crippen molar-refractivity contribution in [3.63, 3.8) is 0 Å². The van der Waals surface area contributed by atoms with Gasteiger partial charge in [-0.2, -0.15) is 13.2 Å². The van der Waals surface area contributed by atoms with Crippen molar-refractivity contribution in [2.45, 2.75) is 24.9 Å². The van der Waals surface area contributed by atoms with Gasteiger partial charge < -0.3 is 9.47 Å². The number of halogens is 3. The van der Waals surface area contributed by atoms with Crippen molar-refractivity contribution >= 4 is 21.7 Å². The summed E-state index contributed by atoms with van der Waals surface area (Å²) in [5.41, 5.74) is -1.03. The number of benzene rings is 2. The smallest absolute Gasteiger partial charge is 0.416 e. The minimum absolute atomic E-state index is 0.0305. The predicted molar refractivity (Wildman–Crippen MR) is 100 cm³/mol. The highest BCUT2D eigenvalue weighted by Crippen LogP contribution is 2.32. The second kappa shape index (κ2) is 9.17. The topological polar surface area (TPSA) is 72.9 Å². The Morgan fingerprint density at radius 3 is 2.03 bits per heavy atom. The molecule has 10 heteroatoms. The molecule has 29 heavy (non-hydrogen) atoms. The molecule has 0 atom stereocenters. The highest BCUT2D eigenvalue weighted by Gasteiger charge is 2.32. The van der Waals surface area contributed by atoms with Gasteiger partial charge in [-0.1, -0.05) is 0 Å². The zero-order valence-electron chi connectivity index (χ0n) is 15.8. The molecular formula is C19H20F3NO5S. The van der Waals surface area contributed by atoms with Crippen LogP contribution in [0.4, 0.5) is 18.9 Å². The van der Waals surface area contributed by atoms with Crippen LogP contribution < -0.4 is 9.04 Å². The van der Waals surface area contributed by atoms with Crippen LogP contribution >= 0.6 is 0 Å². The number of ether oxygens (including phenoxy) is 2. The van der Waals surface area contributed by atoms with Gasteiger partial charge in [0.2, 0.25) is 0 Å². The number of hydrogen-bond donors (Lipinski definition) is 0. The Morgan fingerprint density at radius 2 is 1.55 bits per heavy atom. The summed E-state index contributed by atoms with van der Waals surface area (Å²) >= 11 is 0. The molecule has 0 spiro atoms. The van der Waals surface area contributed by atoms with E-state index >= 15 is 0 Å². The average molecular weight is 431 g/mol. The minimum Gasteiger partial charge on any atom is -0.494 e. The van der Waals surface area contributed by atoms with Gasteiger partial charge in [0.05, 0.1) is 29.4 Å². The van der Waals surface area contributed by atoms with Gasteiger partial charge in [-0.25, -0.2) is 8.42 Å². The molecule has 0 unspecified atom stereocenters. The number of alkyl halides is 3. The molecule has 158 valence electrons. The highest BCUT2D eigenvalue weighted by atomic mass is 32.2. The summed E-state index contributed by atoms with van der Waals surface area (Å²) in [5, 5.41) is 0. The quantitative estimate of drug-likeness (QED) is 0.594. The summed E-state index contributed by atoms with van der Waals surface area (Å²) in [6.45, 7) is 3.07. The van der Waals surface area contributed by atoms with Crippen molar-refractivity contribution in [2.24, 2.45) is 0 Å². The fourth-order valence-corrected chi connectivity index (χ4v) is 3.87. The summed E-state index contributed by atoms with van der Waals surface area (Å²) in [6, 6.07) is 8.98. The molecule has 0 N–H and O–H groups in total. The van der Waals surface area contributed by atoms with Crippen LogP contribution in [0.3, 0.4) is 0 Å². The largest absolute Gasteiger partial charge is 0.494 e. The molecule has 0 bridgehead atoms. The van der Waals surface area contributed by atoms with E-state index in [0.717, 1.165) is 24.3 Å². The Bertz CT molecular complexity index is 926. The first-order valence-electron chi connectivity index (χ1n) is 8.68. The van der Waals surface area contributed by atoms with Crippen molar-refractivity contribution in [3.05, 3.63) is 54.1 Å². The second-order valence-corrected chi connectivity index (χ2v) is 7.63. The Kier molecular flexibility index (Phi) is 7.12. The average Bonchev–Trinajstić information content (AvgIpc) is 2.66. The zero-order valence-corrected chi connectivity index (χ0v) is 16.6. The Balaban J connectivity index is 2.44. The lowest BCUT2D eigenvalue weighted by molar-refractivity contribution is -0.141. The lowest BCUT2D eigenvalue weighted by Crippen LogP contribution is -2.36. The van der Waals surface area contributed by atoms with Gasteiger partial charge in [-0.15, -0.1) is 0 Å². The Hall–Kier alpha value is -2.75. The molecule has 0 heterocycles. The predicted octanol–water partition coefficient (Wildman–Crippen LogP) is 3.86. The van der Waals surface area contributed by atoms with E-state index < -0.39 is 34.3 Å². The van der Waals surface area contributed by atoms with E-state index in [4.69, 9.17) is 9.47 Å². The second-order valence-electron chi connectivity index (χ2n) is 5.77. The molecule has 0 radical (unpaired) electrons. The van der Waals surface area contributed by atoms with Gasteiger partial charge in [-0.05, 0) is 62.4 Å². The maximum atomic E-state index is 13.1. The Morgan fingerprint density at radius 1 is 0.966 bits per heavy atom. The third kappa shape index (κ3) is 5.63. The molecule has 0 aliphatic carbocycles. The van der Waals surface area contributed by atoms with E-state index in [1.807, 2.05) is 0 Å². The molecule has 2 rings (SSSR count). The van der Waals surface area contributed by atoms with Crippen LogP contribution in [0.1, 0.15) is 19.4 Å². The van der Waals surface area contributed by atoms with Crippen LogP contribution in [-0.4, -0.2) is 34.1 Å². The lowest BCUT2D eigenvalue weighted by atomic mass is 10.2. The van der Waals surface area contributed by atoms with Gasteiger partial charge >= 0.3 is 12.1 Å². The van der Waals surface area contributed by atoms with Crippen molar-refractivity contribution < 1.29 is 35.9 Å². The lowest BCUT2D eigenvalue weighted by Gasteiger charge is -2.24. The number of sulfonamides is 1. The number of rotatable bonds is 8. The van der Waals surface area contributed by atoms with E-state index in [-0.39, 0.29) is 17.2 Å². The van der Waals surface area contributed by atoms with Gasteiger partial charge in [0, 0.05) is 0 Å². The molecular weight excluding hydrogens is 411 g/mol. The van der Waals surface area contributed by atoms with Gasteiger partial charge in [0.1, 0.15) is 12.3 Å². The summed E-state index contributed by atoms with van der Waals surface area (Å²) in [5.74, 6) is -0.375. The number of esters is 1. The number of carbonyl (C=O) groups excluding carboxylic acids is 1. The molecule has 0 amide bonds. The van der Waals surface area contributed by atoms with E-state index in [9.17, 15) is 26.4 Å². The van der Waals surface area contributed by atoms with Gasteiger partial charge in [-0.3, -0.25) is 9.10 Å². The maximum Gasteiger partial charge on any atom is 0.416 e. The molecule has 0 saturated heterocycles. The first kappa shape index (κ1) is 22.5. The summed E-state index contributed by atoms with van der Waals surface area (Å²) < 4.78 is 75.4. The van der Waals surface area contributed by atoms with Crippen LogP contribution in [0.5, 0.6) is 5.75 Å². The standard InChI is InChI=1S/C19H20F3NO5S/c1-3-27-16-9-11-17(12-10-16)29(25,26)23(13-18(24)28-4-2)15-7-5-14(6-8-15)19(20,21)22/h5-12H,3-4,13H2,1-2H3. The van der Waals surface area contributed by atoms with E-state index in [2.05, 4.69) is 0 Å². The molecule has 0 saturated carbocycles. The minimum atomic E-state index is -4.57. The molecule has 0 aromatic heterocycles. The number of carbonyl (C=O) groups is 1. The molecule has 0 aliphatic heterocycles. The van der Waals surface area contributed by atoms with Crippen LogP contribution in [0.25, 0.3) is 0 Å². The van der Waals surface area contributed by atoms with E-state index in [1.165, 1.54) is 24.3 Å². The summed E-state index contributed by atoms with van der Waals surface area (Å²) in [6.07, 6.45) is -4.57. The fourth-order valence-electron chi connectivity index (χ4n) is 2.46. The number of anilines is 1. The molecule has 2 aromatic rings. The van der Waals surface area contributed by atoms with Gasteiger partial charge in [0.25, 0.3) is 10.0 Å². The van der Waals surface area contributed by atoms with E-state index in [0.29, 0.717) is 16.7 Å². The summed E-state index contributed by atoms with van der Waals surface area (Å²) in [4.78, 5) is 11.8. The van der Waals surface area contributed by atoms with Gasteiger partial charge in [0.15, 0.2) is 0 Å². The highest BCUT2D eigenvalue weighted by molar-refractivity contribution is 7.92. The zero-order chi connectivity index (χ0) is 21.7. The number of hydrogen-bond acceptors (Lipinski definition) is 5.